The van der Waals surface area contributed by atoms with Crippen molar-refractivity contribution in [1.82, 2.24) is 0 Å². The number of rotatable bonds is 6. The Morgan fingerprint density at radius 1 is 0.553 bits per heavy atom. The van der Waals surface area contributed by atoms with E-state index in [4.69, 9.17) is 0 Å². The van der Waals surface area contributed by atoms with Crippen molar-refractivity contribution in [2.75, 3.05) is 10.6 Å². The summed E-state index contributed by atoms with van der Waals surface area (Å²) < 4.78 is 0. The zero-order chi connectivity index (χ0) is 27.1. The van der Waals surface area contributed by atoms with Gasteiger partial charge in [-0.25, -0.2) is 0 Å². The Bertz CT molecular complexity index is 1500. The summed E-state index contributed by atoms with van der Waals surface area (Å²) >= 11 is 0. The van der Waals surface area contributed by atoms with Gasteiger partial charge in [-0.05, 0) is 85.3 Å². The van der Waals surface area contributed by atoms with E-state index in [2.05, 4.69) is 36.6 Å². The zero-order valence-corrected chi connectivity index (χ0v) is 21.9. The number of phenols is 2. The fourth-order valence-electron chi connectivity index (χ4n) is 5.04. The molecule has 0 atom stereocenters. The summed E-state index contributed by atoms with van der Waals surface area (Å²) in [7, 11) is 0. The second-order valence-electron chi connectivity index (χ2n) is 9.68. The van der Waals surface area contributed by atoms with E-state index < -0.39 is 11.6 Å². The molecule has 0 aliphatic heterocycles. The number of benzene rings is 4. The maximum Gasteiger partial charge on any atom is 0.202 e. The molecule has 6 heteroatoms. The van der Waals surface area contributed by atoms with Crippen molar-refractivity contribution in [2.24, 2.45) is 0 Å². The number of nitrogens with one attached hydrogen (secondary N) is 2. The Balaban J connectivity index is 1.64. The van der Waals surface area contributed by atoms with Crippen LogP contribution in [0, 0.1) is 13.8 Å². The topological polar surface area (TPSA) is 98.7 Å². The van der Waals surface area contributed by atoms with Gasteiger partial charge in [-0.15, -0.1) is 0 Å². The van der Waals surface area contributed by atoms with Crippen molar-refractivity contribution in [3.05, 3.63) is 105 Å². The normalized spacial score (nSPS) is 12.2. The molecule has 0 saturated heterocycles. The van der Waals surface area contributed by atoms with E-state index >= 15 is 0 Å². The minimum absolute atomic E-state index is 0.0770. The van der Waals surface area contributed by atoms with Gasteiger partial charge in [0, 0.05) is 11.4 Å². The first-order valence-electron chi connectivity index (χ1n) is 12.8. The van der Waals surface area contributed by atoms with Crippen molar-refractivity contribution in [3.63, 3.8) is 0 Å². The van der Waals surface area contributed by atoms with E-state index in [0.29, 0.717) is 11.4 Å². The standard InChI is InChI=1S/C32H30N2O4/c1-5-19-7-9-21(17(3)15-19)33-23-11-13-25(35)29-27(23)31(37)28-24(12-14-26(36)30(28)32(29)38)34-22-10-8-20(6-2)16-18(22)4/h7-16,33-36H,5-6H2,1-4H3. The highest BCUT2D eigenvalue weighted by Crippen LogP contribution is 2.43. The molecule has 5 rings (SSSR count). The van der Waals surface area contributed by atoms with Crippen LogP contribution in [-0.2, 0) is 12.8 Å². The molecule has 1 aliphatic carbocycles. The van der Waals surface area contributed by atoms with Gasteiger partial charge in [0.1, 0.15) is 11.5 Å². The molecule has 192 valence electrons. The van der Waals surface area contributed by atoms with Crippen LogP contribution in [0.25, 0.3) is 0 Å². The van der Waals surface area contributed by atoms with Gasteiger partial charge in [0.2, 0.25) is 5.78 Å². The quantitative estimate of drug-likeness (QED) is 0.183. The van der Waals surface area contributed by atoms with Crippen LogP contribution >= 0.6 is 0 Å². The van der Waals surface area contributed by atoms with E-state index in [-0.39, 0.29) is 33.8 Å². The molecule has 0 amide bonds. The van der Waals surface area contributed by atoms with E-state index in [1.165, 1.54) is 23.3 Å². The van der Waals surface area contributed by atoms with Crippen LogP contribution in [0.4, 0.5) is 22.7 Å². The Kier molecular flexibility index (Phi) is 6.41. The van der Waals surface area contributed by atoms with Gasteiger partial charge in [-0.1, -0.05) is 38.1 Å². The van der Waals surface area contributed by atoms with E-state index in [0.717, 1.165) is 35.3 Å². The summed E-state index contributed by atoms with van der Waals surface area (Å²) in [5, 5.41) is 27.9. The van der Waals surface area contributed by atoms with Crippen molar-refractivity contribution in [3.8, 4) is 11.5 Å². The number of anilines is 4. The van der Waals surface area contributed by atoms with Crippen LogP contribution in [-0.4, -0.2) is 21.8 Å². The van der Waals surface area contributed by atoms with Crippen molar-refractivity contribution < 1.29 is 19.8 Å². The summed E-state index contributed by atoms with van der Waals surface area (Å²) in [5.41, 5.74) is 6.69. The number of carbonyl (C=O) groups is 2. The van der Waals surface area contributed by atoms with Gasteiger partial charge < -0.3 is 20.8 Å². The van der Waals surface area contributed by atoms with Gasteiger partial charge in [0.15, 0.2) is 5.78 Å². The Morgan fingerprint density at radius 3 is 1.29 bits per heavy atom. The molecule has 38 heavy (non-hydrogen) atoms. The van der Waals surface area contributed by atoms with Gasteiger partial charge in [-0.3, -0.25) is 9.59 Å². The fourth-order valence-corrected chi connectivity index (χ4v) is 5.04. The Morgan fingerprint density at radius 2 is 0.921 bits per heavy atom. The Labute approximate surface area is 222 Å². The maximum atomic E-state index is 14.1. The summed E-state index contributed by atoms with van der Waals surface area (Å²) in [6, 6.07) is 18.0. The van der Waals surface area contributed by atoms with Crippen LogP contribution < -0.4 is 10.6 Å². The first-order chi connectivity index (χ1) is 18.2. The lowest BCUT2D eigenvalue weighted by Crippen LogP contribution is -2.24. The molecule has 0 fully saturated rings. The second-order valence-corrected chi connectivity index (χ2v) is 9.68. The summed E-state index contributed by atoms with van der Waals surface area (Å²) in [4.78, 5) is 27.8. The minimum atomic E-state index is -0.604. The lowest BCUT2D eigenvalue weighted by molar-refractivity contribution is 0.0975. The number of hydrogen-bond acceptors (Lipinski definition) is 6. The molecule has 0 aromatic heterocycles. The number of hydrogen-bond donors (Lipinski definition) is 4. The molecule has 4 N–H and O–H groups in total. The third kappa shape index (κ3) is 4.18. The van der Waals surface area contributed by atoms with Crippen LogP contribution in [0.15, 0.2) is 60.7 Å². The van der Waals surface area contributed by atoms with Gasteiger partial charge in [-0.2, -0.15) is 0 Å². The largest absolute Gasteiger partial charge is 0.507 e. The van der Waals surface area contributed by atoms with Gasteiger partial charge in [0.05, 0.1) is 33.6 Å². The predicted molar refractivity (Wildman–Crippen MR) is 151 cm³/mol. The van der Waals surface area contributed by atoms with E-state index in [1.807, 2.05) is 38.1 Å². The SMILES string of the molecule is CCc1ccc(Nc2ccc(O)c3c2C(=O)c2c(Nc4ccc(CC)cc4C)ccc(O)c2C3=O)c(C)c1. The summed E-state index contributed by atoms with van der Waals surface area (Å²) in [6.45, 7) is 8.12. The third-order valence-corrected chi connectivity index (χ3v) is 7.21. The zero-order valence-electron chi connectivity index (χ0n) is 21.9. The summed E-state index contributed by atoms with van der Waals surface area (Å²) in [5.74, 6) is -1.68. The molecular weight excluding hydrogens is 476 g/mol. The van der Waals surface area contributed by atoms with Gasteiger partial charge >= 0.3 is 0 Å². The summed E-state index contributed by atoms with van der Waals surface area (Å²) in [6.07, 6.45) is 1.80. The molecule has 1 aliphatic rings. The van der Waals surface area contributed by atoms with Crippen LogP contribution in [0.3, 0.4) is 0 Å². The average molecular weight is 507 g/mol. The number of ketones is 2. The minimum Gasteiger partial charge on any atom is -0.507 e. The van der Waals surface area contributed by atoms with Crippen LogP contribution in [0.5, 0.6) is 11.5 Å². The predicted octanol–water partition coefficient (Wildman–Crippen LogP) is 7.10. The Hall–Kier alpha value is -4.58. The number of fused-ring (bicyclic) bond motifs is 2. The third-order valence-electron chi connectivity index (χ3n) is 7.21. The lowest BCUT2D eigenvalue weighted by Gasteiger charge is -2.25. The van der Waals surface area contributed by atoms with Crippen molar-refractivity contribution >= 4 is 34.3 Å². The molecule has 4 aromatic carbocycles. The number of carbonyl (C=O) groups excluding carboxylic acids is 2. The lowest BCUT2D eigenvalue weighted by atomic mass is 9.81. The van der Waals surface area contributed by atoms with Crippen LogP contribution in [0.1, 0.15) is 67.9 Å². The van der Waals surface area contributed by atoms with Gasteiger partial charge in [0.25, 0.3) is 0 Å². The highest BCUT2D eigenvalue weighted by molar-refractivity contribution is 6.33. The molecular formula is C32H30N2O4. The first-order valence-corrected chi connectivity index (χ1v) is 12.8. The molecule has 0 unspecified atom stereocenters. The van der Waals surface area contributed by atoms with E-state index in [9.17, 15) is 19.8 Å². The first kappa shape index (κ1) is 25.1. The molecule has 6 nitrogen and oxygen atoms in total. The smallest absolute Gasteiger partial charge is 0.202 e. The monoisotopic (exact) mass is 506 g/mol. The number of aryl methyl sites for hydroxylation is 4. The molecule has 0 bridgehead atoms. The highest BCUT2D eigenvalue weighted by Gasteiger charge is 2.38. The van der Waals surface area contributed by atoms with Crippen molar-refractivity contribution in [2.45, 2.75) is 40.5 Å². The molecule has 4 aromatic rings. The highest BCUT2D eigenvalue weighted by atomic mass is 16.3. The van der Waals surface area contributed by atoms with Crippen molar-refractivity contribution in [1.29, 1.82) is 0 Å². The van der Waals surface area contributed by atoms with Crippen LogP contribution in [0.2, 0.25) is 0 Å². The number of phenolic OH excluding ortho intramolecular Hbond substituents is 2. The molecule has 0 saturated carbocycles. The second kappa shape index (κ2) is 9.71. The van der Waals surface area contributed by atoms with E-state index in [1.54, 1.807) is 12.1 Å². The maximum absolute atomic E-state index is 14.1. The fraction of sp³-hybridized carbons (Fsp3) is 0.188. The molecule has 0 radical (unpaired) electrons. The molecule has 0 heterocycles. The number of aromatic hydroxyl groups is 2. The molecule has 0 spiro atoms. The average Bonchev–Trinajstić information content (AvgIpc) is 2.91.